The number of terminal acetylenes is 1. The van der Waals surface area contributed by atoms with Crippen molar-refractivity contribution < 1.29 is 8.42 Å². The monoisotopic (exact) mass is 281 g/mol. The predicted octanol–water partition coefficient (Wildman–Crippen LogP) is 0.833. The normalized spacial score (nSPS) is 11.8. The van der Waals surface area contributed by atoms with E-state index in [2.05, 4.69) is 16.2 Å². The average molecular weight is 281 g/mol. The molecular formula is C13H19N3O2S. The number of sulfonamides is 1. The van der Waals surface area contributed by atoms with Crippen molar-refractivity contribution in [2.24, 2.45) is 0 Å². The lowest BCUT2D eigenvalue weighted by molar-refractivity contribution is 0.499. The van der Waals surface area contributed by atoms with Crippen LogP contribution in [0.2, 0.25) is 0 Å². The van der Waals surface area contributed by atoms with Gasteiger partial charge in [0, 0.05) is 25.8 Å². The SMILES string of the molecule is C#CCN(C)S(=O)(=O)c1ccc(CNC(C)C)cn1. The summed E-state index contributed by atoms with van der Waals surface area (Å²) in [6.07, 6.45) is 6.67. The van der Waals surface area contributed by atoms with Crippen LogP contribution in [0.1, 0.15) is 19.4 Å². The first kappa shape index (κ1) is 15.6. The molecule has 0 atom stereocenters. The summed E-state index contributed by atoms with van der Waals surface area (Å²) in [6.45, 7) is 4.77. The van der Waals surface area contributed by atoms with Gasteiger partial charge < -0.3 is 5.32 Å². The van der Waals surface area contributed by atoms with Gasteiger partial charge in [-0.2, -0.15) is 4.31 Å². The van der Waals surface area contributed by atoms with E-state index >= 15 is 0 Å². The number of hydrogen-bond acceptors (Lipinski definition) is 4. The average Bonchev–Trinajstić information content (AvgIpc) is 2.37. The highest BCUT2D eigenvalue weighted by Gasteiger charge is 2.21. The van der Waals surface area contributed by atoms with Crippen molar-refractivity contribution in [3.8, 4) is 12.3 Å². The molecule has 0 saturated carbocycles. The van der Waals surface area contributed by atoms with Crippen molar-refractivity contribution in [1.29, 1.82) is 0 Å². The van der Waals surface area contributed by atoms with Gasteiger partial charge >= 0.3 is 0 Å². The molecule has 0 aliphatic heterocycles. The topological polar surface area (TPSA) is 62.3 Å². The molecule has 0 radical (unpaired) electrons. The molecule has 1 heterocycles. The lowest BCUT2D eigenvalue weighted by Crippen LogP contribution is -2.28. The Labute approximate surface area is 115 Å². The van der Waals surface area contributed by atoms with Crippen molar-refractivity contribution in [2.45, 2.75) is 31.5 Å². The van der Waals surface area contributed by atoms with Crippen LogP contribution in [0.5, 0.6) is 0 Å². The fourth-order valence-electron chi connectivity index (χ4n) is 1.36. The minimum atomic E-state index is -3.59. The van der Waals surface area contributed by atoms with Gasteiger partial charge in [-0.1, -0.05) is 25.8 Å². The summed E-state index contributed by atoms with van der Waals surface area (Å²) in [5.41, 5.74) is 0.937. The van der Waals surface area contributed by atoms with Crippen LogP contribution >= 0.6 is 0 Å². The second-order valence-corrected chi connectivity index (χ2v) is 6.50. The molecule has 0 aromatic carbocycles. The summed E-state index contributed by atoms with van der Waals surface area (Å²) in [5.74, 6) is 2.30. The van der Waals surface area contributed by atoms with E-state index in [1.165, 1.54) is 13.1 Å². The first-order chi connectivity index (χ1) is 8.87. The molecule has 0 aliphatic carbocycles. The number of hydrogen-bond donors (Lipinski definition) is 1. The number of rotatable bonds is 6. The van der Waals surface area contributed by atoms with Crippen molar-refractivity contribution in [1.82, 2.24) is 14.6 Å². The maximum Gasteiger partial charge on any atom is 0.261 e. The van der Waals surface area contributed by atoms with Gasteiger partial charge in [-0.15, -0.1) is 6.42 Å². The minimum absolute atomic E-state index is 0.0125. The summed E-state index contributed by atoms with van der Waals surface area (Å²) >= 11 is 0. The van der Waals surface area contributed by atoms with Gasteiger partial charge in [0.25, 0.3) is 10.0 Å². The molecule has 104 valence electrons. The lowest BCUT2D eigenvalue weighted by Gasteiger charge is -2.14. The minimum Gasteiger partial charge on any atom is -0.310 e. The van der Waals surface area contributed by atoms with E-state index in [1.54, 1.807) is 12.3 Å². The van der Waals surface area contributed by atoms with Crippen LogP contribution in [0.15, 0.2) is 23.4 Å². The van der Waals surface area contributed by atoms with Gasteiger partial charge in [-0.3, -0.25) is 0 Å². The van der Waals surface area contributed by atoms with Crippen molar-refractivity contribution in [3.63, 3.8) is 0 Å². The second-order valence-electron chi connectivity index (χ2n) is 4.51. The molecule has 5 nitrogen and oxygen atoms in total. The third-order valence-corrected chi connectivity index (χ3v) is 4.22. The van der Waals surface area contributed by atoms with E-state index in [0.717, 1.165) is 9.87 Å². The van der Waals surface area contributed by atoms with Crippen molar-refractivity contribution in [3.05, 3.63) is 23.9 Å². The zero-order chi connectivity index (χ0) is 14.5. The zero-order valence-corrected chi connectivity index (χ0v) is 12.2. The van der Waals surface area contributed by atoms with Crippen LogP contribution in [0.3, 0.4) is 0 Å². The van der Waals surface area contributed by atoms with E-state index in [0.29, 0.717) is 12.6 Å². The fraction of sp³-hybridized carbons (Fsp3) is 0.462. The van der Waals surface area contributed by atoms with E-state index in [4.69, 9.17) is 6.42 Å². The molecule has 0 saturated heterocycles. The van der Waals surface area contributed by atoms with Crippen LogP contribution < -0.4 is 5.32 Å². The first-order valence-corrected chi connectivity index (χ1v) is 7.40. The zero-order valence-electron chi connectivity index (χ0n) is 11.4. The first-order valence-electron chi connectivity index (χ1n) is 5.96. The Bertz CT molecular complexity index is 544. The Hall–Kier alpha value is -1.42. The Morgan fingerprint density at radius 3 is 2.63 bits per heavy atom. The predicted molar refractivity (Wildman–Crippen MR) is 74.9 cm³/mol. The third kappa shape index (κ3) is 4.31. The van der Waals surface area contributed by atoms with Crippen molar-refractivity contribution >= 4 is 10.0 Å². The number of aromatic nitrogens is 1. The van der Waals surface area contributed by atoms with Crippen LogP contribution in [0, 0.1) is 12.3 Å². The van der Waals surface area contributed by atoms with Crippen LogP contribution in [-0.4, -0.2) is 37.3 Å². The van der Waals surface area contributed by atoms with Gasteiger partial charge in [0.05, 0.1) is 6.54 Å². The van der Waals surface area contributed by atoms with E-state index in [1.807, 2.05) is 13.8 Å². The largest absolute Gasteiger partial charge is 0.310 e. The third-order valence-electron chi connectivity index (χ3n) is 2.50. The molecule has 0 unspecified atom stereocenters. The molecule has 0 spiro atoms. The maximum atomic E-state index is 12.1. The Morgan fingerprint density at radius 2 is 2.16 bits per heavy atom. The van der Waals surface area contributed by atoms with Crippen LogP contribution in [0.25, 0.3) is 0 Å². The van der Waals surface area contributed by atoms with Crippen LogP contribution in [-0.2, 0) is 16.6 Å². The summed E-state index contributed by atoms with van der Waals surface area (Å²) in [4.78, 5) is 3.99. The Kier molecular flexibility index (Phi) is 5.48. The number of nitrogens with zero attached hydrogens (tertiary/aromatic N) is 2. The molecule has 1 aromatic rings. The second kappa shape index (κ2) is 6.66. The van der Waals surface area contributed by atoms with Crippen LogP contribution in [0.4, 0.5) is 0 Å². The summed E-state index contributed by atoms with van der Waals surface area (Å²) < 4.78 is 25.2. The molecule has 0 aliphatic rings. The molecule has 6 heteroatoms. The number of nitrogens with one attached hydrogen (secondary N) is 1. The molecule has 1 rings (SSSR count). The fourth-order valence-corrected chi connectivity index (χ4v) is 2.35. The van der Waals surface area contributed by atoms with Gasteiger partial charge in [-0.05, 0) is 11.6 Å². The van der Waals surface area contributed by atoms with E-state index in [9.17, 15) is 8.42 Å². The smallest absolute Gasteiger partial charge is 0.261 e. The highest BCUT2D eigenvalue weighted by Crippen LogP contribution is 2.11. The summed E-state index contributed by atoms with van der Waals surface area (Å²) in [7, 11) is -2.15. The highest BCUT2D eigenvalue weighted by molar-refractivity contribution is 7.89. The molecule has 0 amide bonds. The summed E-state index contributed by atoms with van der Waals surface area (Å²) in [5, 5.41) is 3.25. The van der Waals surface area contributed by atoms with E-state index < -0.39 is 10.0 Å². The standard InChI is InChI=1S/C13H19N3O2S/c1-5-8-16(4)19(17,18)13-7-6-12(10-15-13)9-14-11(2)3/h1,6-7,10-11,14H,8-9H2,2-4H3. The highest BCUT2D eigenvalue weighted by atomic mass is 32.2. The van der Waals surface area contributed by atoms with E-state index in [-0.39, 0.29) is 11.6 Å². The molecule has 0 fully saturated rings. The quantitative estimate of drug-likeness (QED) is 0.785. The molecule has 19 heavy (non-hydrogen) atoms. The Morgan fingerprint density at radius 1 is 1.47 bits per heavy atom. The van der Waals surface area contributed by atoms with Crippen molar-refractivity contribution in [2.75, 3.05) is 13.6 Å². The van der Waals surface area contributed by atoms with Gasteiger partial charge in [0.15, 0.2) is 5.03 Å². The Balaban J connectivity index is 2.84. The molecule has 0 bridgehead atoms. The molecule has 1 N–H and O–H groups in total. The lowest BCUT2D eigenvalue weighted by atomic mass is 10.2. The summed E-state index contributed by atoms with van der Waals surface area (Å²) in [6, 6.07) is 3.61. The van der Waals surface area contributed by atoms with Gasteiger partial charge in [0.2, 0.25) is 0 Å². The molecular weight excluding hydrogens is 262 g/mol. The van der Waals surface area contributed by atoms with Gasteiger partial charge in [0.1, 0.15) is 0 Å². The van der Waals surface area contributed by atoms with Gasteiger partial charge in [-0.25, -0.2) is 13.4 Å². The number of pyridine rings is 1. The maximum absolute atomic E-state index is 12.1. The molecule has 1 aromatic heterocycles.